The highest BCUT2D eigenvalue weighted by Crippen LogP contribution is 2.35. The minimum Gasteiger partial charge on any atom is -0.378 e. The molecular weight excluding hydrogens is 358 g/mol. The zero-order valence-electron chi connectivity index (χ0n) is 17.4. The number of anilines is 3. The van der Waals surface area contributed by atoms with E-state index in [9.17, 15) is 0 Å². The van der Waals surface area contributed by atoms with Gasteiger partial charge in [0.1, 0.15) is 5.82 Å². The lowest BCUT2D eigenvalue weighted by molar-refractivity contribution is 0.711. The minimum absolute atomic E-state index is 0.0598. The first-order valence-corrected chi connectivity index (χ1v) is 9.77. The number of rotatable bonds is 5. The lowest BCUT2D eigenvalue weighted by Gasteiger charge is -2.27. The third kappa shape index (κ3) is 3.90. The molecule has 0 bridgehead atoms. The van der Waals surface area contributed by atoms with Crippen molar-refractivity contribution in [3.05, 3.63) is 90.1 Å². The van der Waals surface area contributed by atoms with Gasteiger partial charge in [-0.2, -0.15) is 0 Å². The molecule has 0 amide bonds. The van der Waals surface area contributed by atoms with Gasteiger partial charge in [0.25, 0.3) is 0 Å². The molecule has 3 aromatic rings. The lowest BCUT2D eigenvalue weighted by atomic mass is 10.0. The normalized spacial score (nSPS) is 15.7. The van der Waals surface area contributed by atoms with E-state index < -0.39 is 0 Å². The molecule has 2 heterocycles. The van der Waals surface area contributed by atoms with Crippen molar-refractivity contribution >= 4 is 22.9 Å². The van der Waals surface area contributed by atoms with Crippen LogP contribution in [-0.2, 0) is 0 Å². The number of benzene rings is 2. The van der Waals surface area contributed by atoms with Crippen LogP contribution in [0.25, 0.3) is 5.70 Å². The van der Waals surface area contributed by atoms with Crippen LogP contribution in [0.1, 0.15) is 17.2 Å². The number of pyridine rings is 1. The maximum absolute atomic E-state index is 4.56. The highest BCUT2D eigenvalue weighted by molar-refractivity contribution is 5.72. The van der Waals surface area contributed by atoms with Crippen LogP contribution < -0.4 is 20.2 Å². The van der Waals surface area contributed by atoms with Gasteiger partial charge in [0, 0.05) is 45.8 Å². The van der Waals surface area contributed by atoms with E-state index in [0.717, 1.165) is 17.1 Å². The third-order valence-electron chi connectivity index (χ3n) is 5.19. The number of nitrogens with one attached hydrogen (secondary N) is 1. The molecule has 5 nitrogen and oxygen atoms in total. The molecule has 0 radical (unpaired) electrons. The molecule has 1 aliphatic rings. The number of hydrogen-bond donors (Lipinski definition) is 1. The second-order valence-corrected chi connectivity index (χ2v) is 7.62. The Labute approximate surface area is 172 Å². The zero-order valence-corrected chi connectivity index (χ0v) is 17.4. The summed E-state index contributed by atoms with van der Waals surface area (Å²) in [5, 5.41) is 2.12. The van der Waals surface area contributed by atoms with Crippen molar-refractivity contribution in [2.45, 2.75) is 6.04 Å². The average molecular weight is 386 g/mol. The van der Waals surface area contributed by atoms with Gasteiger partial charge in [-0.05, 0) is 53.6 Å². The van der Waals surface area contributed by atoms with Crippen LogP contribution in [0.3, 0.4) is 0 Å². The van der Waals surface area contributed by atoms with Gasteiger partial charge in [-0.25, -0.2) is 4.98 Å². The van der Waals surface area contributed by atoms with E-state index in [4.69, 9.17) is 0 Å². The van der Waals surface area contributed by atoms with E-state index in [1.54, 1.807) is 0 Å². The molecule has 2 aromatic carbocycles. The molecule has 148 valence electrons. The molecule has 1 atom stereocenters. The first-order chi connectivity index (χ1) is 14.0. The molecule has 29 heavy (non-hydrogen) atoms. The van der Waals surface area contributed by atoms with Crippen molar-refractivity contribution in [1.82, 2.24) is 10.4 Å². The summed E-state index contributed by atoms with van der Waals surface area (Å²) in [5.74, 6) is 0.894. The molecule has 1 unspecified atom stereocenters. The van der Waals surface area contributed by atoms with Gasteiger partial charge < -0.3 is 9.80 Å². The van der Waals surface area contributed by atoms with Crippen LogP contribution in [0.15, 0.2) is 79.0 Å². The molecule has 1 N–H and O–H groups in total. The van der Waals surface area contributed by atoms with Crippen molar-refractivity contribution in [1.29, 1.82) is 0 Å². The molecule has 1 aliphatic heterocycles. The highest BCUT2D eigenvalue weighted by Gasteiger charge is 2.28. The van der Waals surface area contributed by atoms with Crippen LogP contribution in [0.2, 0.25) is 0 Å². The summed E-state index contributed by atoms with van der Waals surface area (Å²) in [4.78, 5) is 8.78. The molecule has 5 heteroatoms. The summed E-state index contributed by atoms with van der Waals surface area (Å²) < 4.78 is 0. The summed E-state index contributed by atoms with van der Waals surface area (Å²) in [5.41, 5.74) is 9.40. The molecule has 0 saturated carbocycles. The second-order valence-electron chi connectivity index (χ2n) is 7.62. The SMILES string of the molecule is CN(C)c1ccc(C2=CC(c3ccc(N(C)C)cc3)N(c3ccccn3)N2)cc1. The Morgan fingerprint density at radius 1 is 0.793 bits per heavy atom. The Hall–Kier alpha value is -3.47. The van der Waals surface area contributed by atoms with E-state index in [1.807, 2.05) is 24.4 Å². The monoisotopic (exact) mass is 385 g/mol. The predicted octanol–water partition coefficient (Wildman–Crippen LogP) is 4.32. The minimum atomic E-state index is 0.0598. The van der Waals surface area contributed by atoms with Crippen LogP contribution >= 0.6 is 0 Å². The zero-order chi connectivity index (χ0) is 20.4. The molecular formula is C24H27N5. The Kier molecular flexibility index (Phi) is 5.12. The van der Waals surface area contributed by atoms with E-state index in [1.165, 1.54) is 16.9 Å². The van der Waals surface area contributed by atoms with Gasteiger partial charge in [0.15, 0.2) is 0 Å². The number of nitrogens with zero attached hydrogens (tertiary/aromatic N) is 4. The standard InChI is InChI=1S/C24H27N5/c1-27(2)20-12-8-18(9-13-20)22-17-23(19-10-14-21(15-11-19)28(3)4)29(26-22)24-7-5-6-16-25-24/h5-17,23,26H,1-4H3. The van der Waals surface area contributed by atoms with Crippen molar-refractivity contribution in [3.8, 4) is 0 Å². The Morgan fingerprint density at radius 2 is 1.41 bits per heavy atom. The lowest BCUT2D eigenvalue weighted by Crippen LogP contribution is -2.34. The van der Waals surface area contributed by atoms with Crippen molar-refractivity contribution in [3.63, 3.8) is 0 Å². The fourth-order valence-corrected chi connectivity index (χ4v) is 3.48. The Morgan fingerprint density at radius 3 is 1.97 bits per heavy atom. The summed E-state index contributed by atoms with van der Waals surface area (Å²) in [6, 6.07) is 23.3. The first-order valence-electron chi connectivity index (χ1n) is 9.77. The Bertz CT molecular complexity index is 976. The highest BCUT2D eigenvalue weighted by atomic mass is 15.6. The van der Waals surface area contributed by atoms with Crippen LogP contribution in [0.4, 0.5) is 17.2 Å². The van der Waals surface area contributed by atoms with Gasteiger partial charge in [0.05, 0.1) is 11.7 Å². The smallest absolute Gasteiger partial charge is 0.147 e. The summed E-state index contributed by atoms with van der Waals surface area (Å²) in [6.45, 7) is 0. The fraction of sp³-hybridized carbons (Fsp3) is 0.208. The molecule has 0 fully saturated rings. The number of aromatic nitrogens is 1. The van der Waals surface area contributed by atoms with Gasteiger partial charge in [-0.3, -0.25) is 10.4 Å². The average Bonchev–Trinajstić information content (AvgIpc) is 3.20. The van der Waals surface area contributed by atoms with Crippen LogP contribution in [-0.4, -0.2) is 33.2 Å². The maximum atomic E-state index is 4.56. The first kappa shape index (κ1) is 18.9. The molecule has 4 rings (SSSR count). The van der Waals surface area contributed by atoms with E-state index >= 15 is 0 Å². The molecule has 0 saturated heterocycles. The summed E-state index contributed by atoms with van der Waals surface area (Å²) in [7, 11) is 8.22. The molecule has 1 aromatic heterocycles. The van der Waals surface area contributed by atoms with Crippen LogP contribution in [0.5, 0.6) is 0 Å². The molecule has 0 aliphatic carbocycles. The van der Waals surface area contributed by atoms with Crippen molar-refractivity contribution in [2.24, 2.45) is 0 Å². The largest absolute Gasteiger partial charge is 0.378 e. The van der Waals surface area contributed by atoms with Gasteiger partial charge in [-0.1, -0.05) is 30.3 Å². The quantitative estimate of drug-likeness (QED) is 0.708. The number of hydrogen-bond acceptors (Lipinski definition) is 5. The van der Waals surface area contributed by atoms with Gasteiger partial charge in [-0.15, -0.1) is 0 Å². The van der Waals surface area contributed by atoms with Gasteiger partial charge in [0.2, 0.25) is 0 Å². The fourth-order valence-electron chi connectivity index (χ4n) is 3.48. The van der Waals surface area contributed by atoms with Crippen molar-refractivity contribution < 1.29 is 0 Å². The van der Waals surface area contributed by atoms with Crippen molar-refractivity contribution in [2.75, 3.05) is 43.0 Å². The molecule has 0 spiro atoms. The van der Waals surface area contributed by atoms with E-state index in [-0.39, 0.29) is 6.04 Å². The van der Waals surface area contributed by atoms with Gasteiger partial charge >= 0.3 is 0 Å². The number of hydrazine groups is 1. The van der Waals surface area contributed by atoms with E-state index in [2.05, 4.69) is 108 Å². The second kappa shape index (κ2) is 7.87. The maximum Gasteiger partial charge on any atom is 0.147 e. The summed E-state index contributed by atoms with van der Waals surface area (Å²) in [6.07, 6.45) is 4.09. The van der Waals surface area contributed by atoms with E-state index in [0.29, 0.717) is 0 Å². The van der Waals surface area contributed by atoms with Crippen LogP contribution in [0, 0.1) is 0 Å². The summed E-state index contributed by atoms with van der Waals surface area (Å²) >= 11 is 0. The predicted molar refractivity (Wildman–Crippen MR) is 122 cm³/mol. The third-order valence-corrected chi connectivity index (χ3v) is 5.19. The Balaban J connectivity index is 1.69. The topological polar surface area (TPSA) is 34.6 Å².